The molecule has 1 saturated carbocycles. The van der Waals surface area contributed by atoms with Gasteiger partial charge in [0.2, 0.25) is 6.54 Å². The van der Waals surface area contributed by atoms with Gasteiger partial charge >= 0.3 is 0 Å². The van der Waals surface area contributed by atoms with E-state index in [0.29, 0.717) is 6.42 Å². The molecule has 0 aliphatic heterocycles. The van der Waals surface area contributed by atoms with Crippen LogP contribution >= 0.6 is 0 Å². The number of nitro groups is 1. The molecule has 1 aliphatic carbocycles. The van der Waals surface area contributed by atoms with E-state index in [1.807, 2.05) is 31.2 Å². The van der Waals surface area contributed by atoms with Gasteiger partial charge in [0.25, 0.3) is 0 Å². The fourth-order valence-corrected chi connectivity index (χ4v) is 2.87. The first-order chi connectivity index (χ1) is 9.08. The lowest BCUT2D eigenvalue weighted by molar-refractivity contribution is -0.484. The van der Waals surface area contributed by atoms with Crippen LogP contribution < -0.4 is 0 Å². The molecule has 102 valence electrons. The molecule has 1 aromatic rings. The van der Waals surface area contributed by atoms with E-state index in [1.165, 1.54) is 0 Å². The number of benzene rings is 1. The van der Waals surface area contributed by atoms with Crippen molar-refractivity contribution in [2.45, 2.75) is 38.5 Å². The van der Waals surface area contributed by atoms with Crippen LogP contribution in [0, 0.1) is 23.0 Å². The molecular formula is C15H19NO3. The van der Waals surface area contributed by atoms with E-state index in [-0.39, 0.29) is 29.1 Å². The summed E-state index contributed by atoms with van der Waals surface area (Å²) in [6, 6.07) is 7.75. The van der Waals surface area contributed by atoms with Crippen LogP contribution in [0.4, 0.5) is 0 Å². The van der Waals surface area contributed by atoms with Crippen molar-refractivity contribution in [2.24, 2.45) is 5.92 Å². The van der Waals surface area contributed by atoms with Gasteiger partial charge in [-0.15, -0.1) is 0 Å². The predicted octanol–water partition coefficient (Wildman–Crippen LogP) is 3.11. The Morgan fingerprint density at radius 2 is 2.00 bits per heavy atom. The molecule has 19 heavy (non-hydrogen) atoms. The van der Waals surface area contributed by atoms with Crippen molar-refractivity contribution < 1.29 is 9.72 Å². The van der Waals surface area contributed by atoms with Crippen molar-refractivity contribution in [3.05, 3.63) is 45.5 Å². The van der Waals surface area contributed by atoms with Crippen LogP contribution in [0.25, 0.3) is 0 Å². The standard InChI is InChI=1S/C15H19NO3/c1-11-6-8-12(9-7-11)14(10-16(18)19)13-4-2-3-5-15(13)17/h6-9,13-14H,2-5,10H2,1H3/t13-,14+/m0/s1. The minimum Gasteiger partial charge on any atom is -0.299 e. The van der Waals surface area contributed by atoms with E-state index < -0.39 is 0 Å². The molecule has 1 aliphatic rings. The zero-order valence-corrected chi connectivity index (χ0v) is 11.2. The summed E-state index contributed by atoms with van der Waals surface area (Å²) in [6.07, 6.45) is 3.28. The van der Waals surface area contributed by atoms with Crippen LogP contribution in [0.15, 0.2) is 24.3 Å². The van der Waals surface area contributed by atoms with Crippen molar-refractivity contribution in [3.63, 3.8) is 0 Å². The zero-order valence-electron chi connectivity index (χ0n) is 11.2. The second kappa shape index (κ2) is 5.95. The van der Waals surface area contributed by atoms with Crippen molar-refractivity contribution in [2.75, 3.05) is 6.54 Å². The number of hydrogen-bond acceptors (Lipinski definition) is 3. The van der Waals surface area contributed by atoms with Gasteiger partial charge in [-0.1, -0.05) is 36.2 Å². The van der Waals surface area contributed by atoms with Crippen LogP contribution in [-0.2, 0) is 4.79 Å². The first-order valence-corrected chi connectivity index (χ1v) is 6.79. The van der Waals surface area contributed by atoms with Gasteiger partial charge in [-0.05, 0) is 25.3 Å². The number of aryl methyl sites for hydroxylation is 1. The van der Waals surface area contributed by atoms with Gasteiger partial charge in [0.15, 0.2) is 0 Å². The minimum atomic E-state index is -0.299. The normalized spacial score (nSPS) is 21.1. The number of hydrogen-bond donors (Lipinski definition) is 0. The topological polar surface area (TPSA) is 60.2 Å². The summed E-state index contributed by atoms with van der Waals surface area (Å²) in [5, 5.41) is 10.9. The summed E-state index contributed by atoms with van der Waals surface area (Å²) >= 11 is 0. The summed E-state index contributed by atoms with van der Waals surface area (Å²) in [5.41, 5.74) is 2.04. The number of nitrogens with zero attached hydrogens (tertiary/aromatic N) is 1. The lowest BCUT2D eigenvalue weighted by Gasteiger charge is -2.27. The van der Waals surface area contributed by atoms with Crippen molar-refractivity contribution in [1.29, 1.82) is 0 Å². The van der Waals surface area contributed by atoms with E-state index in [9.17, 15) is 14.9 Å². The monoisotopic (exact) mass is 261 g/mol. The van der Waals surface area contributed by atoms with E-state index >= 15 is 0 Å². The summed E-state index contributed by atoms with van der Waals surface area (Å²) in [5.74, 6) is -0.260. The van der Waals surface area contributed by atoms with Gasteiger partial charge in [-0.25, -0.2) is 0 Å². The molecule has 0 unspecified atom stereocenters. The van der Waals surface area contributed by atoms with E-state index in [4.69, 9.17) is 0 Å². The van der Waals surface area contributed by atoms with E-state index in [2.05, 4.69) is 0 Å². The fraction of sp³-hybridized carbons (Fsp3) is 0.533. The number of carbonyl (C=O) groups is 1. The molecule has 0 saturated heterocycles. The quantitative estimate of drug-likeness (QED) is 0.618. The minimum absolute atomic E-state index is 0.153. The van der Waals surface area contributed by atoms with Crippen molar-refractivity contribution in [3.8, 4) is 0 Å². The molecule has 0 bridgehead atoms. The Labute approximate surface area is 113 Å². The Bertz CT molecular complexity index is 467. The van der Waals surface area contributed by atoms with Gasteiger partial charge < -0.3 is 0 Å². The molecule has 0 amide bonds. The van der Waals surface area contributed by atoms with Crippen LogP contribution in [0.5, 0.6) is 0 Å². The van der Waals surface area contributed by atoms with Crippen LogP contribution in [-0.4, -0.2) is 17.3 Å². The van der Waals surface area contributed by atoms with Gasteiger partial charge in [0.1, 0.15) is 5.78 Å². The Morgan fingerprint density at radius 1 is 1.32 bits per heavy atom. The molecule has 2 atom stereocenters. The molecule has 0 spiro atoms. The highest BCUT2D eigenvalue weighted by Gasteiger charge is 2.34. The summed E-state index contributed by atoms with van der Waals surface area (Å²) < 4.78 is 0. The zero-order chi connectivity index (χ0) is 13.8. The Hall–Kier alpha value is -1.71. The highest BCUT2D eigenvalue weighted by molar-refractivity contribution is 5.82. The van der Waals surface area contributed by atoms with Crippen LogP contribution in [0.3, 0.4) is 0 Å². The molecule has 1 aromatic carbocycles. The smallest absolute Gasteiger partial charge is 0.211 e. The Kier molecular flexibility index (Phi) is 4.30. The largest absolute Gasteiger partial charge is 0.299 e. The first-order valence-electron chi connectivity index (χ1n) is 6.79. The maximum Gasteiger partial charge on any atom is 0.211 e. The first kappa shape index (κ1) is 13.7. The van der Waals surface area contributed by atoms with Gasteiger partial charge in [0.05, 0.1) is 5.92 Å². The van der Waals surface area contributed by atoms with E-state index in [0.717, 1.165) is 30.4 Å². The lowest BCUT2D eigenvalue weighted by Crippen LogP contribution is -2.30. The second-order valence-corrected chi connectivity index (χ2v) is 5.35. The molecular weight excluding hydrogens is 242 g/mol. The van der Waals surface area contributed by atoms with Crippen LogP contribution in [0.1, 0.15) is 42.7 Å². The average molecular weight is 261 g/mol. The molecule has 2 rings (SSSR count). The number of Topliss-reactive ketones (excluding diaryl/α,β-unsaturated/α-hetero) is 1. The van der Waals surface area contributed by atoms with Gasteiger partial charge in [0, 0.05) is 17.3 Å². The summed E-state index contributed by atoms with van der Waals surface area (Å²) in [4.78, 5) is 22.6. The average Bonchev–Trinajstić information content (AvgIpc) is 2.38. The highest BCUT2D eigenvalue weighted by Crippen LogP contribution is 2.34. The second-order valence-electron chi connectivity index (χ2n) is 5.35. The molecule has 0 radical (unpaired) electrons. The van der Waals surface area contributed by atoms with Gasteiger partial charge in [-0.3, -0.25) is 14.9 Å². The van der Waals surface area contributed by atoms with E-state index in [1.54, 1.807) is 0 Å². The number of carbonyl (C=O) groups excluding carboxylic acids is 1. The molecule has 1 fully saturated rings. The third kappa shape index (κ3) is 3.40. The third-order valence-corrected chi connectivity index (χ3v) is 3.94. The van der Waals surface area contributed by atoms with Gasteiger partial charge in [-0.2, -0.15) is 0 Å². The molecule has 4 heteroatoms. The molecule has 0 N–H and O–H groups in total. The highest BCUT2D eigenvalue weighted by atomic mass is 16.6. The molecule has 0 aromatic heterocycles. The predicted molar refractivity (Wildman–Crippen MR) is 72.7 cm³/mol. The Balaban J connectivity index is 2.26. The number of rotatable bonds is 4. The summed E-state index contributed by atoms with van der Waals surface area (Å²) in [7, 11) is 0. The lowest BCUT2D eigenvalue weighted by atomic mass is 9.76. The maximum atomic E-state index is 12.0. The van der Waals surface area contributed by atoms with Crippen molar-refractivity contribution >= 4 is 5.78 Å². The number of ketones is 1. The fourth-order valence-electron chi connectivity index (χ4n) is 2.87. The third-order valence-electron chi connectivity index (χ3n) is 3.94. The van der Waals surface area contributed by atoms with Crippen LogP contribution in [0.2, 0.25) is 0 Å². The molecule has 0 heterocycles. The summed E-state index contributed by atoms with van der Waals surface area (Å²) in [6.45, 7) is 1.83. The van der Waals surface area contributed by atoms with Crippen molar-refractivity contribution in [1.82, 2.24) is 0 Å². The SMILES string of the molecule is Cc1ccc([C@@H](C[N+](=O)[O-])[C@@H]2CCCCC2=O)cc1. The molecule has 4 nitrogen and oxygen atoms in total. The Morgan fingerprint density at radius 3 is 2.58 bits per heavy atom. The maximum absolute atomic E-state index is 12.0.